The van der Waals surface area contributed by atoms with Crippen molar-refractivity contribution < 1.29 is 0 Å². The number of hydrogen-bond acceptors (Lipinski definition) is 4. The van der Waals surface area contributed by atoms with Gasteiger partial charge in [-0.15, -0.1) is 0 Å². The molecule has 0 spiro atoms. The van der Waals surface area contributed by atoms with Crippen LogP contribution in [-0.2, 0) is 14.1 Å². The Hall–Kier alpha value is -2.05. The van der Waals surface area contributed by atoms with Gasteiger partial charge in [-0.1, -0.05) is 13.3 Å². The van der Waals surface area contributed by atoms with Crippen molar-refractivity contribution in [3.8, 4) is 0 Å². The molecule has 2 rings (SSSR count). The van der Waals surface area contributed by atoms with Crippen LogP contribution in [0.25, 0.3) is 11.2 Å². The van der Waals surface area contributed by atoms with Gasteiger partial charge >= 0.3 is 5.69 Å². The van der Waals surface area contributed by atoms with Gasteiger partial charge < -0.3 is 5.43 Å². The number of aryl methyl sites for hydroxylation is 1. The Morgan fingerprint density at radius 1 is 1.28 bits per heavy atom. The molecule has 1 N–H and O–H groups in total. The van der Waals surface area contributed by atoms with Crippen LogP contribution in [0.1, 0.15) is 19.8 Å². The molecule has 7 heteroatoms. The fourth-order valence-electron chi connectivity index (χ4n) is 1.84. The Balaban J connectivity index is 2.59. The van der Waals surface area contributed by atoms with Crippen LogP contribution in [0.15, 0.2) is 15.9 Å². The lowest BCUT2D eigenvalue weighted by Gasteiger charge is -2.08. The lowest BCUT2D eigenvalue weighted by molar-refractivity contribution is 0.702. The first-order chi connectivity index (χ1) is 8.57. The standard InChI is InChI=1S/C11H17N5O2/c1-4-5-6-13-16-7-12-9-8(16)10(17)15(3)11(18)14(9)2/h7,13H,4-6H2,1-3H3. The fourth-order valence-corrected chi connectivity index (χ4v) is 1.84. The number of unbranched alkanes of at least 4 members (excludes halogenated alkanes) is 1. The molecule has 0 aliphatic rings. The highest BCUT2D eigenvalue weighted by atomic mass is 16.2. The maximum absolute atomic E-state index is 12.1. The molecule has 0 atom stereocenters. The summed E-state index contributed by atoms with van der Waals surface area (Å²) in [5, 5.41) is 0. The van der Waals surface area contributed by atoms with Crippen LogP contribution in [-0.4, -0.2) is 25.3 Å². The quantitative estimate of drug-likeness (QED) is 0.762. The van der Waals surface area contributed by atoms with Gasteiger partial charge in [-0.25, -0.2) is 14.5 Å². The third-order valence-corrected chi connectivity index (χ3v) is 2.96. The van der Waals surface area contributed by atoms with E-state index in [2.05, 4.69) is 17.3 Å². The summed E-state index contributed by atoms with van der Waals surface area (Å²) in [6.45, 7) is 2.85. The zero-order valence-electron chi connectivity index (χ0n) is 10.8. The zero-order valence-corrected chi connectivity index (χ0v) is 10.8. The second-order valence-electron chi connectivity index (χ2n) is 4.25. The molecule has 0 fully saturated rings. The van der Waals surface area contributed by atoms with E-state index in [0.29, 0.717) is 11.2 Å². The third-order valence-electron chi connectivity index (χ3n) is 2.96. The number of aromatic nitrogens is 4. The number of nitrogens with one attached hydrogen (secondary N) is 1. The monoisotopic (exact) mass is 251 g/mol. The highest BCUT2D eigenvalue weighted by Crippen LogP contribution is 2.03. The molecule has 18 heavy (non-hydrogen) atoms. The zero-order chi connectivity index (χ0) is 13.3. The van der Waals surface area contributed by atoms with Crippen molar-refractivity contribution >= 4 is 11.2 Å². The first kappa shape index (κ1) is 12.4. The van der Waals surface area contributed by atoms with Crippen LogP contribution < -0.4 is 16.7 Å². The normalized spacial score (nSPS) is 11.1. The van der Waals surface area contributed by atoms with E-state index in [9.17, 15) is 9.59 Å². The average molecular weight is 251 g/mol. The largest absolute Gasteiger partial charge is 0.332 e. The summed E-state index contributed by atoms with van der Waals surface area (Å²) in [7, 11) is 3.07. The fraction of sp³-hybridized carbons (Fsp3) is 0.545. The molecule has 0 saturated carbocycles. The minimum absolute atomic E-state index is 0.338. The second kappa shape index (κ2) is 4.67. The number of fused-ring (bicyclic) bond motifs is 1. The van der Waals surface area contributed by atoms with E-state index in [0.717, 1.165) is 24.0 Å². The Kier molecular flexibility index (Phi) is 3.22. The van der Waals surface area contributed by atoms with Gasteiger partial charge in [-0.3, -0.25) is 13.9 Å². The van der Waals surface area contributed by atoms with Gasteiger partial charge in [0.15, 0.2) is 11.2 Å². The summed E-state index contributed by atoms with van der Waals surface area (Å²) in [4.78, 5) is 27.9. The van der Waals surface area contributed by atoms with Gasteiger partial charge in [0, 0.05) is 20.6 Å². The van der Waals surface area contributed by atoms with Crippen molar-refractivity contribution in [3.05, 3.63) is 27.2 Å². The van der Waals surface area contributed by atoms with Gasteiger partial charge in [0.25, 0.3) is 5.56 Å². The summed E-state index contributed by atoms with van der Waals surface area (Å²) in [5.74, 6) is 0. The van der Waals surface area contributed by atoms with Crippen LogP contribution in [0.2, 0.25) is 0 Å². The van der Waals surface area contributed by atoms with E-state index in [1.165, 1.54) is 17.9 Å². The van der Waals surface area contributed by atoms with Crippen LogP contribution in [0.5, 0.6) is 0 Å². The summed E-state index contributed by atoms with van der Waals surface area (Å²) in [5.41, 5.74) is 3.20. The van der Waals surface area contributed by atoms with Gasteiger partial charge in [-0.2, -0.15) is 0 Å². The molecule has 0 bridgehead atoms. The third kappa shape index (κ3) is 1.81. The predicted molar refractivity (Wildman–Crippen MR) is 69.4 cm³/mol. The predicted octanol–water partition coefficient (Wildman–Crippen LogP) is -0.223. The summed E-state index contributed by atoms with van der Waals surface area (Å²) < 4.78 is 4.05. The number of imidazole rings is 1. The topological polar surface area (TPSA) is 73.8 Å². The molecule has 7 nitrogen and oxygen atoms in total. The Bertz CT molecular complexity index is 679. The molecule has 0 saturated heterocycles. The van der Waals surface area contributed by atoms with Gasteiger partial charge in [-0.05, 0) is 6.42 Å². The van der Waals surface area contributed by atoms with Crippen LogP contribution >= 0.6 is 0 Å². The van der Waals surface area contributed by atoms with Crippen molar-refractivity contribution in [1.82, 2.24) is 18.8 Å². The smallest absolute Gasteiger partial charge is 0.324 e. The number of nitrogens with zero attached hydrogens (tertiary/aromatic N) is 4. The van der Waals surface area contributed by atoms with E-state index in [4.69, 9.17) is 0 Å². The summed E-state index contributed by atoms with van der Waals surface area (Å²) in [6.07, 6.45) is 3.60. The minimum atomic E-state index is -0.369. The molecule has 98 valence electrons. The Morgan fingerprint density at radius 2 is 2.00 bits per heavy atom. The van der Waals surface area contributed by atoms with Crippen LogP contribution in [0.4, 0.5) is 0 Å². The maximum Gasteiger partial charge on any atom is 0.332 e. The molecule has 0 aliphatic heterocycles. The van der Waals surface area contributed by atoms with Gasteiger partial charge in [0.2, 0.25) is 0 Å². The molecule has 2 aromatic rings. The van der Waals surface area contributed by atoms with Gasteiger partial charge in [0.05, 0.1) is 0 Å². The van der Waals surface area contributed by atoms with Gasteiger partial charge in [0.1, 0.15) is 6.33 Å². The van der Waals surface area contributed by atoms with E-state index >= 15 is 0 Å². The molecule has 0 radical (unpaired) electrons. The average Bonchev–Trinajstić information content (AvgIpc) is 2.78. The second-order valence-corrected chi connectivity index (χ2v) is 4.25. The lowest BCUT2D eigenvalue weighted by Crippen LogP contribution is -2.38. The van der Waals surface area contributed by atoms with Crippen LogP contribution in [0, 0.1) is 0 Å². The summed E-state index contributed by atoms with van der Waals surface area (Å²) in [6, 6.07) is 0. The van der Waals surface area contributed by atoms with E-state index in [1.54, 1.807) is 11.7 Å². The van der Waals surface area contributed by atoms with Crippen molar-refractivity contribution in [2.24, 2.45) is 14.1 Å². The van der Waals surface area contributed by atoms with Crippen molar-refractivity contribution in [1.29, 1.82) is 0 Å². The summed E-state index contributed by atoms with van der Waals surface area (Å²) >= 11 is 0. The molecule has 2 aromatic heterocycles. The molecule has 0 unspecified atom stereocenters. The van der Waals surface area contributed by atoms with E-state index in [1.807, 2.05) is 0 Å². The molecule has 0 aliphatic carbocycles. The minimum Gasteiger partial charge on any atom is -0.324 e. The van der Waals surface area contributed by atoms with Crippen molar-refractivity contribution in [2.75, 3.05) is 12.0 Å². The van der Waals surface area contributed by atoms with Crippen molar-refractivity contribution in [2.45, 2.75) is 19.8 Å². The first-order valence-corrected chi connectivity index (χ1v) is 5.94. The molecular weight excluding hydrogens is 234 g/mol. The number of rotatable bonds is 4. The van der Waals surface area contributed by atoms with Crippen LogP contribution in [0.3, 0.4) is 0 Å². The molecule has 0 aromatic carbocycles. The lowest BCUT2D eigenvalue weighted by atomic mass is 10.3. The van der Waals surface area contributed by atoms with E-state index in [-0.39, 0.29) is 11.2 Å². The Labute approximate surface area is 104 Å². The highest BCUT2D eigenvalue weighted by Gasteiger charge is 2.13. The molecule has 2 heterocycles. The Morgan fingerprint density at radius 3 is 2.67 bits per heavy atom. The van der Waals surface area contributed by atoms with E-state index < -0.39 is 0 Å². The molecule has 0 amide bonds. The van der Waals surface area contributed by atoms with Crippen molar-refractivity contribution in [3.63, 3.8) is 0 Å². The highest BCUT2D eigenvalue weighted by molar-refractivity contribution is 5.70. The number of hydrogen-bond donors (Lipinski definition) is 1. The first-order valence-electron chi connectivity index (χ1n) is 5.94. The molecular formula is C11H17N5O2. The maximum atomic E-state index is 12.1. The SMILES string of the molecule is CCCCNn1cnc2c1c(=O)n(C)c(=O)n2C.